The fourth-order valence-electron chi connectivity index (χ4n) is 4.20. The standard InChI is InChI=1S/C29H23N3O9/c33-22-16-30-32(29(37)31-22)25-24(41-28(36)20-14-8-3-9-15-20)23(40-27(35)19-12-6-2-7-13-19)21(39-25)17-38-26(34)18-10-4-1-5-11-18/h1-16,21,23-25H,17H2,(H,31,33,37)/t21-,23-,24+,25-/m1/s1. The molecule has 4 atom stereocenters. The molecule has 5 rings (SSSR count). The van der Waals surface area contributed by atoms with Crippen molar-refractivity contribution in [3.05, 3.63) is 135 Å². The Morgan fingerprint density at radius 3 is 1.73 bits per heavy atom. The van der Waals surface area contributed by atoms with Crippen molar-refractivity contribution in [1.29, 1.82) is 0 Å². The van der Waals surface area contributed by atoms with Crippen LogP contribution >= 0.6 is 0 Å². The monoisotopic (exact) mass is 557 g/mol. The molecule has 1 aliphatic rings. The Balaban J connectivity index is 1.50. The molecule has 4 aromatic rings. The number of benzene rings is 3. The third-order valence-corrected chi connectivity index (χ3v) is 6.16. The highest BCUT2D eigenvalue weighted by molar-refractivity contribution is 5.91. The lowest BCUT2D eigenvalue weighted by molar-refractivity contribution is -0.0699. The van der Waals surface area contributed by atoms with E-state index in [4.69, 9.17) is 18.9 Å². The van der Waals surface area contributed by atoms with Crippen molar-refractivity contribution >= 4 is 17.9 Å². The number of ether oxygens (including phenoxy) is 4. The summed E-state index contributed by atoms with van der Waals surface area (Å²) in [5, 5.41) is 3.83. The van der Waals surface area contributed by atoms with E-state index in [1.54, 1.807) is 66.7 Å². The second-order valence-electron chi connectivity index (χ2n) is 8.89. The smallest absolute Gasteiger partial charge is 0.347 e. The van der Waals surface area contributed by atoms with Crippen LogP contribution in [0.15, 0.2) is 107 Å². The van der Waals surface area contributed by atoms with E-state index in [1.807, 2.05) is 0 Å². The van der Waals surface area contributed by atoms with Crippen molar-refractivity contribution in [3.63, 3.8) is 0 Å². The number of carbonyl (C=O) groups excluding carboxylic acids is 3. The highest BCUT2D eigenvalue weighted by Crippen LogP contribution is 2.34. The fourth-order valence-corrected chi connectivity index (χ4v) is 4.20. The molecule has 0 aliphatic carbocycles. The van der Waals surface area contributed by atoms with Gasteiger partial charge in [-0.1, -0.05) is 54.6 Å². The predicted molar refractivity (Wildman–Crippen MR) is 141 cm³/mol. The highest BCUT2D eigenvalue weighted by atomic mass is 16.7. The Morgan fingerprint density at radius 1 is 0.732 bits per heavy atom. The number of hydrogen-bond donors (Lipinski definition) is 1. The van der Waals surface area contributed by atoms with E-state index in [1.165, 1.54) is 24.3 Å². The maximum absolute atomic E-state index is 13.1. The zero-order chi connectivity index (χ0) is 28.8. The predicted octanol–water partition coefficient (Wildman–Crippen LogP) is 2.14. The maximum atomic E-state index is 13.1. The largest absolute Gasteiger partial charge is 0.459 e. The summed E-state index contributed by atoms with van der Waals surface area (Å²) < 4.78 is 23.7. The van der Waals surface area contributed by atoms with E-state index in [0.29, 0.717) is 0 Å². The van der Waals surface area contributed by atoms with E-state index in [-0.39, 0.29) is 16.7 Å². The molecule has 0 saturated carbocycles. The van der Waals surface area contributed by atoms with Gasteiger partial charge in [0.15, 0.2) is 18.4 Å². The minimum Gasteiger partial charge on any atom is -0.459 e. The molecule has 1 fully saturated rings. The van der Waals surface area contributed by atoms with Gasteiger partial charge in [-0.25, -0.2) is 19.2 Å². The quantitative estimate of drug-likeness (QED) is 0.252. The van der Waals surface area contributed by atoms with Gasteiger partial charge in [0.25, 0.3) is 5.56 Å². The average Bonchev–Trinajstić information content (AvgIpc) is 3.33. The van der Waals surface area contributed by atoms with Crippen molar-refractivity contribution in [2.24, 2.45) is 0 Å². The molecule has 41 heavy (non-hydrogen) atoms. The number of carbonyl (C=O) groups is 3. The third-order valence-electron chi connectivity index (χ3n) is 6.16. The molecule has 0 amide bonds. The molecule has 1 aliphatic heterocycles. The van der Waals surface area contributed by atoms with Crippen LogP contribution in [0.1, 0.15) is 37.3 Å². The molecular formula is C29H23N3O9. The van der Waals surface area contributed by atoms with Crippen LogP contribution in [-0.4, -0.2) is 57.6 Å². The summed E-state index contributed by atoms with van der Waals surface area (Å²) in [6.45, 7) is -0.436. The van der Waals surface area contributed by atoms with Gasteiger partial charge in [0.2, 0.25) is 0 Å². The minimum absolute atomic E-state index is 0.181. The number of nitrogens with zero attached hydrogens (tertiary/aromatic N) is 2. The summed E-state index contributed by atoms with van der Waals surface area (Å²) in [5.74, 6) is -2.26. The normalized spacial score (nSPS) is 19.7. The number of rotatable bonds is 8. The summed E-state index contributed by atoms with van der Waals surface area (Å²) in [7, 11) is 0. The summed E-state index contributed by atoms with van der Waals surface area (Å²) >= 11 is 0. The van der Waals surface area contributed by atoms with Crippen molar-refractivity contribution in [3.8, 4) is 0 Å². The molecular weight excluding hydrogens is 534 g/mol. The lowest BCUT2D eigenvalue weighted by atomic mass is 10.1. The Morgan fingerprint density at radius 2 is 1.22 bits per heavy atom. The zero-order valence-corrected chi connectivity index (χ0v) is 21.3. The molecule has 1 aromatic heterocycles. The van der Waals surface area contributed by atoms with Gasteiger partial charge in [-0.3, -0.25) is 9.78 Å². The highest BCUT2D eigenvalue weighted by Gasteiger charge is 2.52. The fraction of sp³-hybridized carbons (Fsp3) is 0.172. The minimum atomic E-state index is -1.46. The van der Waals surface area contributed by atoms with Crippen LogP contribution in [0.25, 0.3) is 0 Å². The molecule has 0 unspecified atom stereocenters. The van der Waals surface area contributed by atoms with Gasteiger partial charge >= 0.3 is 23.6 Å². The van der Waals surface area contributed by atoms with Crippen molar-refractivity contribution < 1.29 is 33.3 Å². The second-order valence-corrected chi connectivity index (χ2v) is 8.89. The van der Waals surface area contributed by atoms with Crippen LogP contribution in [0.3, 0.4) is 0 Å². The van der Waals surface area contributed by atoms with Crippen molar-refractivity contribution in [2.75, 3.05) is 6.61 Å². The van der Waals surface area contributed by atoms with Gasteiger partial charge in [0.05, 0.1) is 16.7 Å². The topological polar surface area (TPSA) is 156 Å². The van der Waals surface area contributed by atoms with Gasteiger partial charge in [-0.05, 0) is 36.4 Å². The van der Waals surface area contributed by atoms with Crippen LogP contribution in [-0.2, 0) is 18.9 Å². The molecule has 12 heteroatoms. The van der Waals surface area contributed by atoms with E-state index < -0.39 is 60.3 Å². The summed E-state index contributed by atoms with van der Waals surface area (Å²) in [4.78, 5) is 65.3. The Kier molecular flexibility index (Phi) is 8.11. The van der Waals surface area contributed by atoms with Gasteiger partial charge in [-0.2, -0.15) is 9.78 Å². The zero-order valence-electron chi connectivity index (χ0n) is 21.3. The lowest BCUT2D eigenvalue weighted by Gasteiger charge is -2.24. The number of H-pyrrole nitrogens is 1. The number of aromatic nitrogens is 3. The van der Waals surface area contributed by atoms with Gasteiger partial charge in [-0.15, -0.1) is 0 Å². The van der Waals surface area contributed by atoms with E-state index in [0.717, 1.165) is 10.9 Å². The number of hydrogen-bond acceptors (Lipinski definition) is 10. The SMILES string of the molecule is O=C(OC[C@H]1O[C@@H](n2ncc(=O)[nH]c2=O)[C@@H](OC(=O)c2ccccc2)[C@@H]1OC(=O)c1ccccc1)c1ccccc1. The van der Waals surface area contributed by atoms with Crippen LogP contribution in [0.5, 0.6) is 0 Å². The van der Waals surface area contributed by atoms with Crippen LogP contribution in [0.4, 0.5) is 0 Å². The first-order valence-electron chi connectivity index (χ1n) is 12.5. The lowest BCUT2D eigenvalue weighted by Crippen LogP contribution is -2.43. The van der Waals surface area contributed by atoms with E-state index in [9.17, 15) is 24.0 Å². The molecule has 12 nitrogen and oxygen atoms in total. The Labute approximate surface area is 232 Å². The van der Waals surface area contributed by atoms with Crippen molar-refractivity contribution in [2.45, 2.75) is 24.5 Å². The molecule has 208 valence electrons. The molecule has 0 radical (unpaired) electrons. The molecule has 2 heterocycles. The first-order chi connectivity index (χ1) is 19.9. The molecule has 3 aromatic carbocycles. The third kappa shape index (κ3) is 6.28. The van der Waals surface area contributed by atoms with Crippen molar-refractivity contribution in [1.82, 2.24) is 14.8 Å². The van der Waals surface area contributed by atoms with Crippen LogP contribution in [0.2, 0.25) is 0 Å². The number of aromatic amines is 1. The molecule has 1 N–H and O–H groups in total. The maximum Gasteiger partial charge on any atom is 0.347 e. The summed E-state index contributed by atoms with van der Waals surface area (Å²) in [6.07, 6.45) is -4.61. The van der Waals surface area contributed by atoms with Gasteiger partial charge in [0, 0.05) is 0 Å². The first-order valence-corrected chi connectivity index (χ1v) is 12.5. The van der Waals surface area contributed by atoms with Gasteiger partial charge in [0.1, 0.15) is 18.9 Å². The van der Waals surface area contributed by atoms with Crippen LogP contribution in [0, 0.1) is 0 Å². The Hall–Kier alpha value is -5.36. The van der Waals surface area contributed by atoms with E-state index in [2.05, 4.69) is 10.1 Å². The summed E-state index contributed by atoms with van der Waals surface area (Å²) in [5.41, 5.74) is -1.07. The molecule has 0 spiro atoms. The average molecular weight is 558 g/mol. The molecule has 0 bridgehead atoms. The summed E-state index contributed by atoms with van der Waals surface area (Å²) in [6, 6.07) is 24.2. The first kappa shape index (κ1) is 27.2. The molecule has 1 saturated heterocycles. The number of esters is 3. The Bertz CT molecular complexity index is 1640. The second kappa shape index (κ2) is 12.2. The van der Waals surface area contributed by atoms with Gasteiger partial charge < -0.3 is 18.9 Å². The number of nitrogens with one attached hydrogen (secondary N) is 1. The van der Waals surface area contributed by atoms with Crippen LogP contribution < -0.4 is 11.2 Å². The van der Waals surface area contributed by atoms with E-state index >= 15 is 0 Å².